The van der Waals surface area contributed by atoms with E-state index in [-0.39, 0.29) is 0 Å². The summed E-state index contributed by atoms with van der Waals surface area (Å²) in [5.74, 6) is 1.89. The van der Waals surface area contributed by atoms with Crippen LogP contribution in [0.25, 0.3) is 0 Å². The minimum Gasteiger partial charge on any atom is -0.370 e. The molecule has 2 rings (SSSR count). The van der Waals surface area contributed by atoms with Gasteiger partial charge in [0.05, 0.1) is 0 Å². The Kier molecular flexibility index (Phi) is 5.62. The van der Waals surface area contributed by atoms with Crippen molar-refractivity contribution in [2.45, 2.75) is 50.5 Å². The van der Waals surface area contributed by atoms with Gasteiger partial charge in [-0.05, 0) is 39.3 Å². The standard InChI is InChI=1S/C17H23N3S/c1-5-8-15-19-16(18-6-2)13(4)17(20-15)21-14-10-7-9-12(3)11-14/h7,9-11H,5-6,8H2,1-4H3,(H,18,19,20). The molecule has 1 heterocycles. The van der Waals surface area contributed by atoms with Crippen LogP contribution in [-0.4, -0.2) is 16.5 Å². The first-order valence-electron chi connectivity index (χ1n) is 7.50. The van der Waals surface area contributed by atoms with E-state index in [0.29, 0.717) is 0 Å². The molecule has 1 aromatic carbocycles. The first-order valence-corrected chi connectivity index (χ1v) is 8.31. The molecular formula is C17H23N3S. The molecule has 1 N–H and O–H groups in total. The normalized spacial score (nSPS) is 10.7. The van der Waals surface area contributed by atoms with E-state index in [0.717, 1.165) is 41.6 Å². The highest BCUT2D eigenvalue weighted by molar-refractivity contribution is 7.99. The fourth-order valence-electron chi connectivity index (χ4n) is 2.11. The van der Waals surface area contributed by atoms with Gasteiger partial charge < -0.3 is 5.32 Å². The molecule has 2 aromatic rings. The molecule has 0 aliphatic rings. The Hall–Kier alpha value is -1.55. The molecule has 0 atom stereocenters. The van der Waals surface area contributed by atoms with Crippen LogP contribution in [0.3, 0.4) is 0 Å². The van der Waals surface area contributed by atoms with Gasteiger partial charge in [-0.3, -0.25) is 0 Å². The zero-order valence-corrected chi connectivity index (χ0v) is 14.0. The van der Waals surface area contributed by atoms with Gasteiger partial charge >= 0.3 is 0 Å². The van der Waals surface area contributed by atoms with E-state index in [4.69, 9.17) is 4.98 Å². The number of hydrogen-bond acceptors (Lipinski definition) is 4. The number of nitrogens with one attached hydrogen (secondary N) is 1. The summed E-state index contributed by atoms with van der Waals surface area (Å²) in [6.07, 6.45) is 1.98. The summed E-state index contributed by atoms with van der Waals surface area (Å²) in [6, 6.07) is 8.53. The third-order valence-corrected chi connectivity index (χ3v) is 4.25. The first kappa shape index (κ1) is 15.8. The smallest absolute Gasteiger partial charge is 0.133 e. The van der Waals surface area contributed by atoms with Crippen LogP contribution in [0.15, 0.2) is 34.2 Å². The molecule has 0 aliphatic heterocycles. The summed E-state index contributed by atoms with van der Waals surface area (Å²) in [7, 11) is 0. The summed E-state index contributed by atoms with van der Waals surface area (Å²) < 4.78 is 0. The van der Waals surface area contributed by atoms with Crippen LogP contribution in [0.5, 0.6) is 0 Å². The number of benzene rings is 1. The Morgan fingerprint density at radius 1 is 1.14 bits per heavy atom. The van der Waals surface area contributed by atoms with Crippen LogP contribution in [0, 0.1) is 13.8 Å². The Morgan fingerprint density at radius 2 is 1.95 bits per heavy atom. The zero-order valence-electron chi connectivity index (χ0n) is 13.2. The molecule has 21 heavy (non-hydrogen) atoms. The first-order chi connectivity index (χ1) is 10.1. The Balaban J connectivity index is 2.36. The van der Waals surface area contributed by atoms with Crippen LogP contribution in [0.4, 0.5) is 5.82 Å². The highest BCUT2D eigenvalue weighted by Gasteiger charge is 2.11. The van der Waals surface area contributed by atoms with Gasteiger partial charge in [0.2, 0.25) is 0 Å². The summed E-state index contributed by atoms with van der Waals surface area (Å²) >= 11 is 1.72. The topological polar surface area (TPSA) is 37.8 Å². The van der Waals surface area contributed by atoms with Crippen molar-refractivity contribution in [1.82, 2.24) is 9.97 Å². The third kappa shape index (κ3) is 4.21. The second kappa shape index (κ2) is 7.46. The number of rotatable bonds is 6. The van der Waals surface area contributed by atoms with Gasteiger partial charge in [0.1, 0.15) is 16.7 Å². The van der Waals surface area contributed by atoms with Gasteiger partial charge in [0.25, 0.3) is 0 Å². The van der Waals surface area contributed by atoms with Crippen LogP contribution in [-0.2, 0) is 6.42 Å². The third-order valence-electron chi connectivity index (χ3n) is 3.17. The van der Waals surface area contributed by atoms with Gasteiger partial charge in [-0.2, -0.15) is 0 Å². The summed E-state index contributed by atoms with van der Waals surface area (Å²) in [4.78, 5) is 10.6. The van der Waals surface area contributed by atoms with Crippen molar-refractivity contribution in [3.05, 3.63) is 41.2 Å². The fourth-order valence-corrected chi connectivity index (χ4v) is 3.12. The lowest BCUT2D eigenvalue weighted by Gasteiger charge is -2.13. The molecule has 0 amide bonds. The lowest BCUT2D eigenvalue weighted by molar-refractivity contribution is 0.802. The van der Waals surface area contributed by atoms with Crippen LogP contribution in [0.1, 0.15) is 37.2 Å². The lowest BCUT2D eigenvalue weighted by Crippen LogP contribution is -2.07. The fraction of sp³-hybridized carbons (Fsp3) is 0.412. The van der Waals surface area contributed by atoms with Gasteiger partial charge in [-0.25, -0.2) is 9.97 Å². The maximum absolute atomic E-state index is 4.74. The number of aromatic nitrogens is 2. The maximum atomic E-state index is 4.74. The predicted molar refractivity (Wildman–Crippen MR) is 90.2 cm³/mol. The Bertz CT molecular complexity index is 611. The molecule has 4 heteroatoms. The molecule has 112 valence electrons. The molecule has 0 aliphatic carbocycles. The molecule has 0 spiro atoms. The minimum atomic E-state index is 0.873. The van der Waals surface area contributed by atoms with Crippen LogP contribution >= 0.6 is 11.8 Å². The van der Waals surface area contributed by atoms with Gasteiger partial charge in [0, 0.05) is 23.4 Å². The molecular weight excluding hydrogens is 278 g/mol. The van der Waals surface area contributed by atoms with Crippen molar-refractivity contribution in [2.75, 3.05) is 11.9 Å². The lowest BCUT2D eigenvalue weighted by atomic mass is 10.2. The monoisotopic (exact) mass is 301 g/mol. The van der Waals surface area contributed by atoms with Crippen molar-refractivity contribution in [3.63, 3.8) is 0 Å². The highest BCUT2D eigenvalue weighted by Crippen LogP contribution is 2.31. The molecule has 0 bridgehead atoms. The van der Waals surface area contributed by atoms with E-state index < -0.39 is 0 Å². The zero-order chi connectivity index (χ0) is 15.2. The molecule has 0 unspecified atom stereocenters. The SMILES string of the molecule is CCCc1nc(NCC)c(C)c(Sc2cccc(C)c2)n1. The summed E-state index contributed by atoms with van der Waals surface area (Å²) in [6.45, 7) is 9.32. The van der Waals surface area contributed by atoms with E-state index in [1.165, 1.54) is 10.5 Å². The Morgan fingerprint density at radius 3 is 2.62 bits per heavy atom. The van der Waals surface area contributed by atoms with Gasteiger partial charge in [-0.15, -0.1) is 0 Å². The summed E-state index contributed by atoms with van der Waals surface area (Å²) in [5, 5.41) is 4.40. The molecule has 0 saturated carbocycles. The van der Waals surface area contributed by atoms with Crippen LogP contribution < -0.4 is 5.32 Å². The van der Waals surface area contributed by atoms with Gasteiger partial charge in [0.15, 0.2) is 0 Å². The number of hydrogen-bond donors (Lipinski definition) is 1. The van der Waals surface area contributed by atoms with Crippen molar-refractivity contribution >= 4 is 17.6 Å². The Labute approximate surface area is 131 Å². The molecule has 0 radical (unpaired) electrons. The van der Waals surface area contributed by atoms with E-state index in [2.05, 4.69) is 62.3 Å². The molecule has 0 fully saturated rings. The largest absolute Gasteiger partial charge is 0.370 e. The van der Waals surface area contributed by atoms with Crippen molar-refractivity contribution < 1.29 is 0 Å². The molecule has 3 nitrogen and oxygen atoms in total. The second-order valence-electron chi connectivity index (χ2n) is 5.12. The number of nitrogens with zero attached hydrogens (tertiary/aromatic N) is 2. The molecule has 1 aromatic heterocycles. The van der Waals surface area contributed by atoms with Crippen LogP contribution in [0.2, 0.25) is 0 Å². The summed E-state index contributed by atoms with van der Waals surface area (Å²) in [5.41, 5.74) is 2.40. The maximum Gasteiger partial charge on any atom is 0.133 e. The van der Waals surface area contributed by atoms with Crippen molar-refractivity contribution in [1.29, 1.82) is 0 Å². The number of aryl methyl sites for hydroxylation is 2. The van der Waals surface area contributed by atoms with Crippen molar-refractivity contribution in [2.24, 2.45) is 0 Å². The van der Waals surface area contributed by atoms with E-state index >= 15 is 0 Å². The van der Waals surface area contributed by atoms with E-state index in [9.17, 15) is 0 Å². The predicted octanol–water partition coefficient (Wildman–Crippen LogP) is 4.63. The van der Waals surface area contributed by atoms with E-state index in [1.807, 2.05) is 0 Å². The van der Waals surface area contributed by atoms with Gasteiger partial charge in [-0.1, -0.05) is 36.4 Å². The minimum absolute atomic E-state index is 0.873. The van der Waals surface area contributed by atoms with E-state index in [1.54, 1.807) is 11.8 Å². The number of anilines is 1. The average molecular weight is 301 g/mol. The average Bonchev–Trinajstić information content (AvgIpc) is 2.44. The second-order valence-corrected chi connectivity index (χ2v) is 6.18. The quantitative estimate of drug-likeness (QED) is 0.789. The molecule has 0 saturated heterocycles. The van der Waals surface area contributed by atoms with Crippen molar-refractivity contribution in [3.8, 4) is 0 Å². The highest BCUT2D eigenvalue weighted by atomic mass is 32.2.